The third-order valence-electron chi connectivity index (χ3n) is 3.06. The third kappa shape index (κ3) is 2.73. The zero-order valence-corrected chi connectivity index (χ0v) is 12.0. The Hall–Kier alpha value is -2.41. The summed E-state index contributed by atoms with van der Waals surface area (Å²) in [7, 11) is 1.30. The molecular weight excluding hydrogens is 292 g/mol. The second kappa shape index (κ2) is 5.53. The van der Waals surface area contributed by atoms with Crippen molar-refractivity contribution in [3.63, 3.8) is 0 Å². The number of fused-ring (bicyclic) bond motifs is 1. The first-order chi connectivity index (χ1) is 10.2. The van der Waals surface area contributed by atoms with Gasteiger partial charge in [-0.3, -0.25) is 10.1 Å². The quantitative estimate of drug-likeness (QED) is 0.876. The number of methoxy groups -OCH3 is 1. The van der Waals surface area contributed by atoms with E-state index in [1.54, 1.807) is 0 Å². The fraction of sp³-hybridized carbons (Fsp3) is 0.214. The molecule has 21 heavy (non-hydrogen) atoms. The molecule has 1 aromatic heterocycles. The number of hydrogen-bond acceptors (Lipinski definition) is 6. The first-order valence-corrected chi connectivity index (χ1v) is 7.08. The number of para-hydroxylation sites is 1. The molecule has 0 saturated carbocycles. The predicted molar refractivity (Wildman–Crippen MR) is 76.6 cm³/mol. The van der Waals surface area contributed by atoms with E-state index in [1.165, 1.54) is 13.3 Å². The fourth-order valence-electron chi connectivity index (χ4n) is 2.04. The first kappa shape index (κ1) is 13.6. The number of ether oxygens (including phenoxy) is 2. The van der Waals surface area contributed by atoms with Crippen LogP contribution in [0.25, 0.3) is 0 Å². The SMILES string of the molecule is COC(=O)c1cnc(NC(=O)C2Cc3ccccc3O2)s1. The standard InChI is InChI=1S/C14H12N2O4S/c1-19-13(18)11-7-15-14(21-11)16-12(17)10-6-8-4-2-3-5-9(8)20-10/h2-5,7,10H,6H2,1H3,(H,15,16,17). The topological polar surface area (TPSA) is 77.5 Å². The van der Waals surface area contributed by atoms with Crippen LogP contribution < -0.4 is 10.1 Å². The van der Waals surface area contributed by atoms with E-state index in [9.17, 15) is 9.59 Å². The highest BCUT2D eigenvalue weighted by molar-refractivity contribution is 7.17. The minimum Gasteiger partial charge on any atom is -0.480 e. The maximum absolute atomic E-state index is 12.1. The van der Waals surface area contributed by atoms with Crippen molar-refractivity contribution in [1.29, 1.82) is 0 Å². The highest BCUT2D eigenvalue weighted by Crippen LogP contribution is 2.29. The smallest absolute Gasteiger partial charge is 0.349 e. The van der Waals surface area contributed by atoms with Gasteiger partial charge in [-0.1, -0.05) is 29.5 Å². The van der Waals surface area contributed by atoms with Crippen molar-refractivity contribution in [2.75, 3.05) is 12.4 Å². The van der Waals surface area contributed by atoms with Crippen LogP contribution in [0.5, 0.6) is 5.75 Å². The van der Waals surface area contributed by atoms with E-state index in [0.717, 1.165) is 22.6 Å². The largest absolute Gasteiger partial charge is 0.480 e. The lowest BCUT2D eigenvalue weighted by Crippen LogP contribution is -2.31. The summed E-state index contributed by atoms with van der Waals surface area (Å²) in [5, 5.41) is 3.00. The first-order valence-electron chi connectivity index (χ1n) is 6.27. The van der Waals surface area contributed by atoms with E-state index in [4.69, 9.17) is 4.74 Å². The summed E-state index contributed by atoms with van der Waals surface area (Å²) < 4.78 is 10.2. The molecule has 108 valence electrons. The molecular formula is C14H12N2O4S. The van der Waals surface area contributed by atoms with E-state index < -0.39 is 12.1 Å². The molecule has 1 unspecified atom stereocenters. The molecule has 0 bridgehead atoms. The van der Waals surface area contributed by atoms with Gasteiger partial charge < -0.3 is 9.47 Å². The lowest BCUT2D eigenvalue weighted by atomic mass is 10.1. The lowest BCUT2D eigenvalue weighted by molar-refractivity contribution is -0.122. The highest BCUT2D eigenvalue weighted by atomic mass is 32.1. The average Bonchev–Trinajstić information content (AvgIpc) is 3.12. The van der Waals surface area contributed by atoms with Crippen LogP contribution >= 0.6 is 11.3 Å². The number of esters is 1. The summed E-state index contributed by atoms with van der Waals surface area (Å²) in [6.45, 7) is 0. The van der Waals surface area contributed by atoms with Gasteiger partial charge in [-0.15, -0.1) is 0 Å². The Morgan fingerprint density at radius 3 is 3.00 bits per heavy atom. The van der Waals surface area contributed by atoms with Crippen LogP contribution in [-0.2, 0) is 16.0 Å². The van der Waals surface area contributed by atoms with E-state index in [0.29, 0.717) is 16.4 Å². The summed E-state index contributed by atoms with van der Waals surface area (Å²) in [5.74, 6) is -0.0264. The maximum atomic E-state index is 12.1. The summed E-state index contributed by atoms with van der Waals surface area (Å²) in [4.78, 5) is 27.8. The normalized spacial score (nSPS) is 16.0. The second-order valence-electron chi connectivity index (χ2n) is 4.43. The molecule has 2 heterocycles. The molecule has 7 heteroatoms. The van der Waals surface area contributed by atoms with Crippen molar-refractivity contribution < 1.29 is 19.1 Å². The molecule has 1 aliphatic rings. The highest BCUT2D eigenvalue weighted by Gasteiger charge is 2.29. The number of aromatic nitrogens is 1. The minimum absolute atomic E-state index is 0.281. The number of carbonyl (C=O) groups is 2. The van der Waals surface area contributed by atoms with Gasteiger partial charge in [0.25, 0.3) is 5.91 Å². The molecule has 2 aromatic rings. The average molecular weight is 304 g/mol. The minimum atomic E-state index is -0.576. The van der Waals surface area contributed by atoms with E-state index >= 15 is 0 Å². The molecule has 1 aliphatic heterocycles. The second-order valence-corrected chi connectivity index (χ2v) is 5.46. The monoisotopic (exact) mass is 304 g/mol. The van der Waals surface area contributed by atoms with Gasteiger partial charge in [-0.2, -0.15) is 0 Å². The number of amides is 1. The van der Waals surface area contributed by atoms with Gasteiger partial charge >= 0.3 is 5.97 Å². The number of nitrogens with zero attached hydrogens (tertiary/aromatic N) is 1. The predicted octanol–water partition coefficient (Wildman–Crippen LogP) is 1.87. The number of nitrogens with one attached hydrogen (secondary N) is 1. The van der Waals surface area contributed by atoms with Gasteiger partial charge in [0.2, 0.25) is 0 Å². The summed E-state index contributed by atoms with van der Waals surface area (Å²) in [5.41, 5.74) is 1.01. The van der Waals surface area contributed by atoms with Crippen LogP contribution in [0.2, 0.25) is 0 Å². The van der Waals surface area contributed by atoms with Crippen LogP contribution in [0.1, 0.15) is 15.2 Å². The van der Waals surface area contributed by atoms with Gasteiger partial charge in [0.05, 0.1) is 13.3 Å². The molecule has 0 saturated heterocycles. The molecule has 1 aromatic carbocycles. The van der Waals surface area contributed by atoms with Crippen molar-refractivity contribution in [2.24, 2.45) is 0 Å². The van der Waals surface area contributed by atoms with Gasteiger partial charge in [0, 0.05) is 6.42 Å². The fourth-order valence-corrected chi connectivity index (χ4v) is 2.78. The lowest BCUT2D eigenvalue weighted by Gasteiger charge is -2.09. The number of carbonyl (C=O) groups excluding carboxylic acids is 2. The van der Waals surface area contributed by atoms with E-state index in [2.05, 4.69) is 15.0 Å². The zero-order valence-electron chi connectivity index (χ0n) is 11.2. The maximum Gasteiger partial charge on any atom is 0.349 e. The molecule has 1 amide bonds. The van der Waals surface area contributed by atoms with Gasteiger partial charge in [-0.05, 0) is 11.6 Å². The zero-order chi connectivity index (χ0) is 14.8. The Bertz CT molecular complexity index is 673. The Balaban J connectivity index is 1.65. The van der Waals surface area contributed by atoms with Crippen LogP contribution in [0.3, 0.4) is 0 Å². The third-order valence-corrected chi connectivity index (χ3v) is 3.95. The molecule has 0 radical (unpaired) electrons. The molecule has 3 rings (SSSR count). The number of thiazole rings is 1. The Kier molecular flexibility index (Phi) is 3.57. The molecule has 0 spiro atoms. The Labute approximate surface area is 124 Å². The van der Waals surface area contributed by atoms with Gasteiger partial charge in [0.15, 0.2) is 11.2 Å². The molecule has 1 atom stereocenters. The van der Waals surface area contributed by atoms with Crippen molar-refractivity contribution in [1.82, 2.24) is 4.98 Å². The van der Waals surface area contributed by atoms with Crippen molar-refractivity contribution in [3.8, 4) is 5.75 Å². The molecule has 0 fully saturated rings. The van der Waals surface area contributed by atoms with Crippen LogP contribution in [0, 0.1) is 0 Å². The molecule has 1 N–H and O–H groups in total. The summed E-state index contributed by atoms with van der Waals surface area (Å²) in [6, 6.07) is 7.54. The molecule has 6 nitrogen and oxygen atoms in total. The van der Waals surface area contributed by atoms with E-state index in [-0.39, 0.29) is 5.91 Å². The number of hydrogen-bond donors (Lipinski definition) is 1. The Morgan fingerprint density at radius 2 is 2.24 bits per heavy atom. The van der Waals surface area contributed by atoms with Crippen LogP contribution in [0.15, 0.2) is 30.5 Å². The number of rotatable bonds is 3. The van der Waals surface area contributed by atoms with Crippen molar-refractivity contribution >= 4 is 28.3 Å². The Morgan fingerprint density at radius 1 is 1.43 bits per heavy atom. The van der Waals surface area contributed by atoms with E-state index in [1.807, 2.05) is 24.3 Å². The van der Waals surface area contributed by atoms with Gasteiger partial charge in [0.1, 0.15) is 10.6 Å². The van der Waals surface area contributed by atoms with Crippen LogP contribution in [0.4, 0.5) is 5.13 Å². The van der Waals surface area contributed by atoms with Crippen molar-refractivity contribution in [2.45, 2.75) is 12.5 Å². The summed E-state index contributed by atoms with van der Waals surface area (Å²) in [6.07, 6.45) is 1.32. The number of benzene rings is 1. The van der Waals surface area contributed by atoms with Crippen LogP contribution in [-0.4, -0.2) is 30.1 Å². The summed E-state index contributed by atoms with van der Waals surface area (Å²) >= 11 is 1.06. The van der Waals surface area contributed by atoms with Crippen molar-refractivity contribution in [3.05, 3.63) is 40.9 Å². The van der Waals surface area contributed by atoms with Gasteiger partial charge in [-0.25, -0.2) is 9.78 Å². The number of anilines is 1. The molecule has 0 aliphatic carbocycles.